The number of aliphatic hydroxyl groups excluding tert-OH is 1. The molecule has 0 bridgehead atoms. The first-order valence-corrected chi connectivity index (χ1v) is 9.47. The fourth-order valence-electron chi connectivity index (χ4n) is 2.95. The molecule has 2 aromatic carbocycles. The van der Waals surface area contributed by atoms with Crippen LogP contribution in [0.25, 0.3) is 0 Å². The third-order valence-electron chi connectivity index (χ3n) is 4.80. The Morgan fingerprint density at radius 3 is 2.23 bits per heavy atom. The minimum absolute atomic E-state index is 0.0529. The zero-order valence-electron chi connectivity index (χ0n) is 16.5. The summed E-state index contributed by atoms with van der Waals surface area (Å²) in [6.07, 6.45) is -0.451. The van der Waals surface area contributed by atoms with Crippen LogP contribution in [0.5, 0.6) is 5.75 Å². The molecular formula is C22H34N2O2+2. The van der Waals surface area contributed by atoms with Crippen molar-refractivity contribution < 1.29 is 20.1 Å². The summed E-state index contributed by atoms with van der Waals surface area (Å²) in [5.74, 6) is 0.800. The second kappa shape index (κ2) is 9.72. The summed E-state index contributed by atoms with van der Waals surface area (Å²) in [4.78, 5) is 1.42. The fourth-order valence-corrected chi connectivity index (χ4v) is 2.95. The van der Waals surface area contributed by atoms with Gasteiger partial charge in [-0.3, -0.25) is 0 Å². The van der Waals surface area contributed by atoms with Gasteiger partial charge < -0.3 is 20.1 Å². The Kier molecular flexibility index (Phi) is 7.64. The Labute approximate surface area is 157 Å². The topological polar surface area (TPSA) is 50.5 Å². The van der Waals surface area contributed by atoms with Gasteiger partial charge in [0.15, 0.2) is 0 Å². The van der Waals surface area contributed by atoms with Gasteiger partial charge in [-0.05, 0) is 23.3 Å². The van der Waals surface area contributed by atoms with Crippen molar-refractivity contribution in [3.8, 4) is 5.75 Å². The SMILES string of the molecule is C[NH+](C)CC[NH2+]C[C@H](O)COc1ccc(C(C)(C)c2ccccc2)cc1. The van der Waals surface area contributed by atoms with E-state index in [4.69, 9.17) is 4.74 Å². The summed E-state index contributed by atoms with van der Waals surface area (Å²) < 4.78 is 5.74. The molecule has 2 rings (SSSR count). The smallest absolute Gasteiger partial charge is 0.137 e. The number of quaternary nitrogens is 2. The normalized spacial score (nSPS) is 13.0. The van der Waals surface area contributed by atoms with Crippen LogP contribution in [0.3, 0.4) is 0 Å². The van der Waals surface area contributed by atoms with E-state index in [-0.39, 0.29) is 5.41 Å². The van der Waals surface area contributed by atoms with Gasteiger partial charge in [-0.2, -0.15) is 0 Å². The highest BCUT2D eigenvalue weighted by Gasteiger charge is 2.22. The average Bonchev–Trinajstić information content (AvgIpc) is 2.64. The zero-order chi connectivity index (χ0) is 19.0. The lowest BCUT2D eigenvalue weighted by atomic mass is 9.78. The van der Waals surface area contributed by atoms with E-state index in [1.807, 2.05) is 18.2 Å². The van der Waals surface area contributed by atoms with E-state index in [0.29, 0.717) is 13.2 Å². The molecule has 0 aromatic heterocycles. The lowest BCUT2D eigenvalue weighted by Gasteiger charge is -2.26. The molecule has 0 amide bonds. The zero-order valence-corrected chi connectivity index (χ0v) is 16.5. The van der Waals surface area contributed by atoms with Gasteiger partial charge in [-0.1, -0.05) is 56.3 Å². The minimum Gasteiger partial charge on any atom is -0.491 e. The Morgan fingerprint density at radius 1 is 1.00 bits per heavy atom. The van der Waals surface area contributed by atoms with Crippen molar-refractivity contribution in [2.24, 2.45) is 0 Å². The van der Waals surface area contributed by atoms with Gasteiger partial charge in [-0.25, -0.2) is 0 Å². The molecule has 0 aliphatic carbocycles. The highest BCUT2D eigenvalue weighted by Crippen LogP contribution is 2.32. The third kappa shape index (κ3) is 6.13. The Hall–Kier alpha value is -1.88. The van der Waals surface area contributed by atoms with Gasteiger partial charge >= 0.3 is 0 Å². The van der Waals surface area contributed by atoms with Gasteiger partial charge in [0.25, 0.3) is 0 Å². The van der Waals surface area contributed by atoms with E-state index in [1.165, 1.54) is 16.0 Å². The summed E-state index contributed by atoms with van der Waals surface area (Å²) in [5.41, 5.74) is 2.48. The second-order valence-corrected chi connectivity index (χ2v) is 7.75. The summed E-state index contributed by atoms with van der Waals surface area (Å²) in [7, 11) is 4.27. The number of aliphatic hydroxyl groups is 1. The van der Waals surface area contributed by atoms with E-state index < -0.39 is 6.10 Å². The molecule has 1 atom stereocenters. The molecule has 0 saturated heterocycles. The van der Waals surface area contributed by atoms with Crippen LogP contribution in [0.15, 0.2) is 54.6 Å². The molecule has 26 heavy (non-hydrogen) atoms. The molecule has 4 heteroatoms. The number of ether oxygens (including phenoxy) is 1. The molecule has 4 nitrogen and oxygen atoms in total. The first-order valence-electron chi connectivity index (χ1n) is 9.47. The van der Waals surface area contributed by atoms with Gasteiger partial charge in [0, 0.05) is 5.41 Å². The molecule has 0 saturated carbocycles. The summed E-state index contributed by atoms with van der Waals surface area (Å²) in [6, 6.07) is 18.7. The Balaban J connectivity index is 1.84. The highest BCUT2D eigenvalue weighted by atomic mass is 16.5. The Bertz CT molecular complexity index is 639. The van der Waals surface area contributed by atoms with Crippen molar-refractivity contribution in [2.75, 3.05) is 40.3 Å². The maximum Gasteiger partial charge on any atom is 0.137 e. The molecule has 0 heterocycles. The van der Waals surface area contributed by atoms with E-state index >= 15 is 0 Å². The molecular weight excluding hydrogens is 324 g/mol. The maximum atomic E-state index is 10.0. The molecule has 0 unspecified atom stereocenters. The number of nitrogens with two attached hydrogens (primary N) is 1. The Morgan fingerprint density at radius 2 is 1.62 bits per heavy atom. The largest absolute Gasteiger partial charge is 0.491 e. The lowest BCUT2D eigenvalue weighted by molar-refractivity contribution is -0.874. The number of benzene rings is 2. The van der Waals surface area contributed by atoms with E-state index in [9.17, 15) is 5.11 Å². The van der Waals surface area contributed by atoms with Crippen LogP contribution >= 0.6 is 0 Å². The molecule has 0 aliphatic heterocycles. The molecule has 0 radical (unpaired) electrons. The minimum atomic E-state index is -0.451. The summed E-state index contributed by atoms with van der Waals surface area (Å²) >= 11 is 0. The number of hydrogen-bond acceptors (Lipinski definition) is 2. The monoisotopic (exact) mass is 358 g/mol. The number of likely N-dealkylation sites (N-methyl/N-ethyl adjacent to an activating group) is 1. The van der Waals surface area contributed by atoms with E-state index in [1.54, 1.807) is 0 Å². The fraction of sp³-hybridized carbons (Fsp3) is 0.455. The van der Waals surface area contributed by atoms with Crippen LogP contribution in [-0.4, -0.2) is 51.5 Å². The van der Waals surface area contributed by atoms with Gasteiger partial charge in [0.05, 0.1) is 14.1 Å². The lowest BCUT2D eigenvalue weighted by Crippen LogP contribution is -3.09. The molecule has 0 spiro atoms. The first-order chi connectivity index (χ1) is 12.4. The number of nitrogens with one attached hydrogen (secondary N) is 1. The van der Waals surface area contributed by atoms with Crippen LogP contribution in [0.2, 0.25) is 0 Å². The van der Waals surface area contributed by atoms with Crippen molar-refractivity contribution in [1.82, 2.24) is 0 Å². The van der Waals surface area contributed by atoms with Crippen molar-refractivity contribution >= 4 is 0 Å². The van der Waals surface area contributed by atoms with Crippen molar-refractivity contribution in [1.29, 1.82) is 0 Å². The third-order valence-corrected chi connectivity index (χ3v) is 4.80. The van der Waals surface area contributed by atoms with Gasteiger partial charge in [-0.15, -0.1) is 0 Å². The van der Waals surface area contributed by atoms with Gasteiger partial charge in [0.1, 0.15) is 38.1 Å². The van der Waals surface area contributed by atoms with Crippen LogP contribution < -0.4 is 15.0 Å². The van der Waals surface area contributed by atoms with Crippen molar-refractivity contribution in [2.45, 2.75) is 25.4 Å². The summed E-state index contributed by atoms with van der Waals surface area (Å²) in [6.45, 7) is 7.56. The first kappa shape index (κ1) is 20.4. The number of rotatable bonds is 10. The standard InChI is InChI=1S/C22H32N2O2/c1-22(2,18-8-6-5-7-9-18)19-10-12-21(13-11-19)26-17-20(25)16-23-14-15-24(3)4/h5-13,20,23,25H,14-17H2,1-4H3/p+2/t20-/m0/s1. The molecule has 0 fully saturated rings. The number of hydrogen-bond donors (Lipinski definition) is 3. The van der Waals surface area contributed by atoms with Crippen LogP contribution in [-0.2, 0) is 5.41 Å². The highest BCUT2D eigenvalue weighted by molar-refractivity contribution is 5.39. The second-order valence-electron chi connectivity index (χ2n) is 7.75. The average molecular weight is 359 g/mol. The van der Waals surface area contributed by atoms with Crippen LogP contribution in [0, 0.1) is 0 Å². The predicted molar refractivity (Wildman–Crippen MR) is 106 cm³/mol. The molecule has 4 N–H and O–H groups in total. The predicted octanol–water partition coefficient (Wildman–Crippen LogP) is 0.460. The van der Waals surface area contributed by atoms with Crippen LogP contribution in [0.1, 0.15) is 25.0 Å². The van der Waals surface area contributed by atoms with Crippen LogP contribution in [0.4, 0.5) is 0 Å². The van der Waals surface area contributed by atoms with Crippen molar-refractivity contribution in [3.63, 3.8) is 0 Å². The molecule has 142 valence electrons. The molecule has 0 aliphatic rings. The quantitative estimate of drug-likeness (QED) is 0.541. The molecule has 2 aromatic rings. The van der Waals surface area contributed by atoms with E-state index in [2.05, 4.69) is 69.7 Å². The van der Waals surface area contributed by atoms with E-state index in [0.717, 1.165) is 18.8 Å². The van der Waals surface area contributed by atoms with Gasteiger partial charge in [0.2, 0.25) is 0 Å². The maximum absolute atomic E-state index is 10.0. The van der Waals surface area contributed by atoms with Crippen molar-refractivity contribution in [3.05, 3.63) is 65.7 Å². The summed E-state index contributed by atoms with van der Waals surface area (Å²) in [5, 5.41) is 12.2.